The van der Waals surface area contributed by atoms with E-state index >= 15 is 0 Å². The molecule has 1 amide bonds. The lowest BCUT2D eigenvalue weighted by Crippen LogP contribution is -2.55. The number of nitrogens with one attached hydrogen (secondary N) is 1. The molecule has 2 aliphatic rings. The van der Waals surface area contributed by atoms with Crippen LogP contribution < -0.4 is 5.32 Å². The second-order valence-electron chi connectivity index (χ2n) is 5.63. The van der Waals surface area contributed by atoms with Gasteiger partial charge < -0.3 is 15.3 Å². The predicted molar refractivity (Wildman–Crippen MR) is 66.6 cm³/mol. The van der Waals surface area contributed by atoms with E-state index in [1.165, 1.54) is 0 Å². The number of hydrogen-bond donors (Lipinski definition) is 2. The van der Waals surface area contributed by atoms with E-state index in [4.69, 9.17) is 5.11 Å². The van der Waals surface area contributed by atoms with Crippen LogP contribution in [-0.4, -0.2) is 47.7 Å². The van der Waals surface area contributed by atoms with Crippen molar-refractivity contribution in [3.8, 4) is 0 Å². The van der Waals surface area contributed by atoms with Gasteiger partial charge in [-0.1, -0.05) is 0 Å². The highest BCUT2D eigenvalue weighted by Crippen LogP contribution is 2.25. The standard InChI is InChI=1S/C13H24N2O2/c1-13(6-3-7-14-13)12(17)15-8-2-4-11(10-15)5-9-16/h11,14,16H,2-10H2,1H3. The summed E-state index contributed by atoms with van der Waals surface area (Å²) >= 11 is 0. The quantitative estimate of drug-likeness (QED) is 0.765. The molecule has 2 aliphatic heterocycles. The lowest BCUT2D eigenvalue weighted by Gasteiger charge is -2.37. The number of rotatable bonds is 3. The van der Waals surface area contributed by atoms with Gasteiger partial charge in [0, 0.05) is 19.7 Å². The molecule has 0 aromatic heterocycles. The van der Waals surface area contributed by atoms with Crippen molar-refractivity contribution in [2.45, 2.75) is 44.6 Å². The highest BCUT2D eigenvalue weighted by molar-refractivity contribution is 5.86. The second kappa shape index (κ2) is 5.36. The highest BCUT2D eigenvalue weighted by atomic mass is 16.3. The van der Waals surface area contributed by atoms with Gasteiger partial charge in [0.1, 0.15) is 0 Å². The molecular formula is C13H24N2O2. The van der Waals surface area contributed by atoms with Crippen LogP contribution in [0.15, 0.2) is 0 Å². The zero-order valence-corrected chi connectivity index (χ0v) is 10.7. The Morgan fingerprint density at radius 3 is 3.00 bits per heavy atom. The van der Waals surface area contributed by atoms with Crippen molar-refractivity contribution < 1.29 is 9.90 Å². The lowest BCUT2D eigenvalue weighted by atomic mass is 9.92. The van der Waals surface area contributed by atoms with Crippen molar-refractivity contribution in [3.63, 3.8) is 0 Å². The predicted octanol–water partition coefficient (Wildman–Crippen LogP) is 0.750. The monoisotopic (exact) mass is 240 g/mol. The molecule has 4 heteroatoms. The first-order chi connectivity index (χ1) is 8.15. The summed E-state index contributed by atoms with van der Waals surface area (Å²) in [4.78, 5) is 14.5. The fourth-order valence-electron chi connectivity index (χ4n) is 3.09. The van der Waals surface area contributed by atoms with Crippen molar-refractivity contribution >= 4 is 5.91 Å². The lowest BCUT2D eigenvalue weighted by molar-refractivity contribution is -0.139. The number of aliphatic hydroxyl groups is 1. The summed E-state index contributed by atoms with van der Waals surface area (Å²) in [7, 11) is 0. The molecular weight excluding hydrogens is 216 g/mol. The van der Waals surface area contributed by atoms with Gasteiger partial charge in [0.2, 0.25) is 5.91 Å². The first-order valence-corrected chi connectivity index (χ1v) is 6.81. The minimum absolute atomic E-state index is 0.238. The fraction of sp³-hybridized carbons (Fsp3) is 0.923. The van der Waals surface area contributed by atoms with Crippen LogP contribution >= 0.6 is 0 Å². The molecule has 0 saturated carbocycles. The van der Waals surface area contributed by atoms with Crippen LogP contribution in [0.1, 0.15) is 39.0 Å². The van der Waals surface area contributed by atoms with Gasteiger partial charge in [-0.05, 0) is 51.5 Å². The van der Waals surface area contributed by atoms with E-state index < -0.39 is 0 Å². The zero-order chi connectivity index (χ0) is 12.3. The smallest absolute Gasteiger partial charge is 0.242 e. The van der Waals surface area contributed by atoms with Crippen LogP contribution in [0.4, 0.5) is 0 Å². The third-order valence-electron chi connectivity index (χ3n) is 4.18. The van der Waals surface area contributed by atoms with Crippen LogP contribution in [0.3, 0.4) is 0 Å². The molecule has 2 fully saturated rings. The number of hydrogen-bond acceptors (Lipinski definition) is 3. The molecule has 0 spiro atoms. The summed E-state index contributed by atoms with van der Waals surface area (Å²) in [5, 5.41) is 12.3. The van der Waals surface area contributed by atoms with Gasteiger partial charge >= 0.3 is 0 Å². The maximum Gasteiger partial charge on any atom is 0.242 e. The average molecular weight is 240 g/mol. The molecule has 0 aromatic carbocycles. The van der Waals surface area contributed by atoms with Gasteiger partial charge in [0.15, 0.2) is 0 Å². The molecule has 2 rings (SSSR count). The Morgan fingerprint density at radius 1 is 1.53 bits per heavy atom. The molecule has 0 radical (unpaired) electrons. The van der Waals surface area contributed by atoms with Crippen molar-refractivity contribution in [1.82, 2.24) is 10.2 Å². The maximum absolute atomic E-state index is 12.5. The molecule has 0 aromatic rings. The minimum atomic E-state index is -0.332. The fourth-order valence-corrected chi connectivity index (χ4v) is 3.09. The number of likely N-dealkylation sites (tertiary alicyclic amines) is 1. The molecule has 2 N–H and O–H groups in total. The van der Waals surface area contributed by atoms with E-state index in [1.54, 1.807) is 0 Å². The van der Waals surface area contributed by atoms with Crippen LogP contribution in [0.25, 0.3) is 0 Å². The topological polar surface area (TPSA) is 52.6 Å². The summed E-state index contributed by atoms with van der Waals surface area (Å²) in [6.45, 7) is 4.94. The molecule has 98 valence electrons. The van der Waals surface area contributed by atoms with Crippen molar-refractivity contribution in [2.24, 2.45) is 5.92 Å². The van der Waals surface area contributed by atoms with Crippen LogP contribution in [0.2, 0.25) is 0 Å². The van der Waals surface area contributed by atoms with Gasteiger partial charge in [0.25, 0.3) is 0 Å². The molecule has 4 nitrogen and oxygen atoms in total. The second-order valence-corrected chi connectivity index (χ2v) is 5.63. The minimum Gasteiger partial charge on any atom is -0.396 e. The summed E-state index contributed by atoms with van der Waals surface area (Å²) in [5.41, 5.74) is -0.332. The van der Waals surface area contributed by atoms with Gasteiger partial charge in [-0.15, -0.1) is 0 Å². The zero-order valence-electron chi connectivity index (χ0n) is 10.7. The summed E-state index contributed by atoms with van der Waals surface area (Å²) in [6, 6.07) is 0. The third kappa shape index (κ3) is 2.80. The first kappa shape index (κ1) is 12.8. The van der Waals surface area contributed by atoms with Crippen molar-refractivity contribution in [3.05, 3.63) is 0 Å². The number of carbonyl (C=O) groups excluding carboxylic acids is 1. The number of carbonyl (C=O) groups is 1. The van der Waals surface area contributed by atoms with Crippen molar-refractivity contribution in [2.75, 3.05) is 26.2 Å². The van der Waals surface area contributed by atoms with Crippen LogP contribution in [0.5, 0.6) is 0 Å². The van der Waals surface area contributed by atoms with E-state index in [1.807, 2.05) is 11.8 Å². The van der Waals surface area contributed by atoms with Crippen LogP contribution in [-0.2, 0) is 4.79 Å². The maximum atomic E-state index is 12.5. The Balaban J connectivity index is 1.94. The SMILES string of the molecule is CC1(C(=O)N2CCCC(CCO)C2)CCCN1. The molecule has 2 atom stereocenters. The molecule has 0 bridgehead atoms. The first-order valence-electron chi connectivity index (χ1n) is 6.81. The average Bonchev–Trinajstić information content (AvgIpc) is 2.77. The Hall–Kier alpha value is -0.610. The summed E-state index contributed by atoms with van der Waals surface area (Å²) in [6.07, 6.45) is 5.10. The van der Waals surface area contributed by atoms with Crippen LogP contribution in [0, 0.1) is 5.92 Å². The van der Waals surface area contributed by atoms with Crippen molar-refractivity contribution in [1.29, 1.82) is 0 Å². The van der Waals surface area contributed by atoms with E-state index in [2.05, 4.69) is 5.32 Å². The molecule has 2 heterocycles. The normalized spacial score (nSPS) is 34.0. The van der Waals surface area contributed by atoms with E-state index in [0.29, 0.717) is 5.92 Å². The molecule has 17 heavy (non-hydrogen) atoms. The van der Waals surface area contributed by atoms with Gasteiger partial charge in [0.05, 0.1) is 5.54 Å². The Labute approximate surface area is 103 Å². The van der Waals surface area contributed by atoms with E-state index in [0.717, 1.165) is 51.7 Å². The van der Waals surface area contributed by atoms with E-state index in [-0.39, 0.29) is 18.1 Å². The summed E-state index contributed by atoms with van der Waals surface area (Å²) < 4.78 is 0. The number of nitrogens with zero attached hydrogens (tertiary/aromatic N) is 1. The number of amides is 1. The Morgan fingerprint density at radius 2 is 2.35 bits per heavy atom. The largest absolute Gasteiger partial charge is 0.396 e. The number of piperidine rings is 1. The third-order valence-corrected chi connectivity index (χ3v) is 4.18. The van der Waals surface area contributed by atoms with E-state index in [9.17, 15) is 4.79 Å². The Kier molecular flexibility index (Phi) is 4.05. The Bertz CT molecular complexity index is 273. The molecule has 0 aliphatic carbocycles. The number of aliphatic hydroxyl groups excluding tert-OH is 1. The van der Waals surface area contributed by atoms with Gasteiger partial charge in [-0.25, -0.2) is 0 Å². The highest BCUT2D eigenvalue weighted by Gasteiger charge is 2.39. The van der Waals surface area contributed by atoms with Gasteiger partial charge in [-0.2, -0.15) is 0 Å². The molecule has 2 saturated heterocycles. The molecule has 2 unspecified atom stereocenters. The van der Waals surface area contributed by atoms with Gasteiger partial charge in [-0.3, -0.25) is 4.79 Å². The summed E-state index contributed by atoms with van der Waals surface area (Å²) in [5.74, 6) is 0.750.